The van der Waals surface area contributed by atoms with E-state index in [1.165, 1.54) is 0 Å². The smallest absolute Gasteiger partial charge is 0.255 e. The number of carbonyl (C=O) groups excluding carboxylic acids is 1. The molecule has 1 aromatic heterocycles. The fraction of sp³-hybridized carbons (Fsp3) is 0.667. The first-order chi connectivity index (χ1) is 11.3. The van der Waals surface area contributed by atoms with Crippen molar-refractivity contribution in [2.24, 2.45) is 0 Å². The van der Waals surface area contributed by atoms with Crippen LogP contribution in [0.1, 0.15) is 23.2 Å². The molecule has 1 amide bonds. The summed E-state index contributed by atoms with van der Waals surface area (Å²) in [5.74, 6) is 0.934. The molecule has 6 nitrogen and oxygen atoms in total. The van der Waals surface area contributed by atoms with Crippen LogP contribution in [0.2, 0.25) is 0 Å². The number of pyridine rings is 1. The maximum atomic E-state index is 12.8. The van der Waals surface area contributed by atoms with Crippen LogP contribution in [0, 0.1) is 0 Å². The van der Waals surface area contributed by atoms with E-state index in [1.807, 2.05) is 36.0 Å². The lowest BCUT2D eigenvalue weighted by Crippen LogP contribution is -2.35. The zero-order valence-electron chi connectivity index (χ0n) is 16.1. The van der Waals surface area contributed by atoms with Gasteiger partial charge in [0.05, 0.1) is 5.56 Å². The normalized spacial score (nSPS) is 11.2. The Hall–Kier alpha value is -1.66. The number of rotatable bonds is 10. The van der Waals surface area contributed by atoms with Crippen molar-refractivity contribution < 1.29 is 4.79 Å². The van der Waals surface area contributed by atoms with Gasteiger partial charge in [-0.05, 0) is 66.3 Å². The lowest BCUT2D eigenvalue weighted by molar-refractivity contribution is 0.0744. The van der Waals surface area contributed by atoms with E-state index in [2.05, 4.69) is 43.0 Å². The summed E-state index contributed by atoms with van der Waals surface area (Å²) >= 11 is 0. The summed E-state index contributed by atoms with van der Waals surface area (Å²) < 4.78 is 0. The van der Waals surface area contributed by atoms with Crippen LogP contribution in [0.25, 0.3) is 0 Å². The number of anilines is 1. The van der Waals surface area contributed by atoms with Crippen molar-refractivity contribution in [3.8, 4) is 0 Å². The van der Waals surface area contributed by atoms with Gasteiger partial charge in [0.1, 0.15) is 5.82 Å². The van der Waals surface area contributed by atoms with E-state index in [1.54, 1.807) is 6.20 Å². The molecule has 0 N–H and O–H groups in total. The Morgan fingerprint density at radius 3 is 1.79 bits per heavy atom. The molecule has 1 heterocycles. The molecule has 24 heavy (non-hydrogen) atoms. The van der Waals surface area contributed by atoms with Gasteiger partial charge < -0.3 is 19.6 Å². The number of aromatic nitrogens is 1. The SMILES string of the molecule is CN(C)CCCN(CCCN(C)C)C(=O)c1ccc(N(C)C)nc1. The second kappa shape index (κ2) is 10.3. The van der Waals surface area contributed by atoms with Gasteiger partial charge in [-0.15, -0.1) is 0 Å². The summed E-state index contributed by atoms with van der Waals surface area (Å²) in [6.45, 7) is 3.52. The molecular formula is C18H33N5O. The van der Waals surface area contributed by atoms with Crippen LogP contribution >= 0.6 is 0 Å². The Kier molecular flexibility index (Phi) is 8.71. The highest BCUT2D eigenvalue weighted by Crippen LogP contribution is 2.11. The molecule has 0 aliphatic rings. The number of amides is 1. The summed E-state index contributed by atoms with van der Waals surface area (Å²) in [6.07, 6.45) is 3.64. The van der Waals surface area contributed by atoms with Gasteiger partial charge in [-0.2, -0.15) is 0 Å². The molecule has 0 aromatic carbocycles. The maximum absolute atomic E-state index is 12.8. The van der Waals surface area contributed by atoms with Gasteiger partial charge in [0, 0.05) is 33.4 Å². The highest BCUT2D eigenvalue weighted by atomic mass is 16.2. The van der Waals surface area contributed by atoms with Crippen LogP contribution in [0.4, 0.5) is 5.82 Å². The van der Waals surface area contributed by atoms with Gasteiger partial charge in [0.2, 0.25) is 0 Å². The zero-order chi connectivity index (χ0) is 18.1. The number of carbonyl (C=O) groups is 1. The van der Waals surface area contributed by atoms with E-state index < -0.39 is 0 Å². The second-order valence-electron chi connectivity index (χ2n) is 6.91. The Morgan fingerprint density at radius 1 is 0.875 bits per heavy atom. The summed E-state index contributed by atoms with van der Waals surface area (Å²) in [5, 5.41) is 0. The van der Waals surface area contributed by atoms with Crippen molar-refractivity contribution >= 4 is 11.7 Å². The molecule has 0 unspecified atom stereocenters. The minimum atomic E-state index is 0.0744. The Morgan fingerprint density at radius 2 is 1.42 bits per heavy atom. The van der Waals surface area contributed by atoms with Gasteiger partial charge in [0.15, 0.2) is 0 Å². The largest absolute Gasteiger partial charge is 0.363 e. The number of nitrogens with zero attached hydrogens (tertiary/aromatic N) is 5. The Balaban J connectivity index is 2.72. The van der Waals surface area contributed by atoms with E-state index in [9.17, 15) is 4.79 Å². The molecule has 0 spiro atoms. The second-order valence-corrected chi connectivity index (χ2v) is 6.91. The van der Waals surface area contributed by atoms with Crippen LogP contribution in [0.3, 0.4) is 0 Å². The maximum Gasteiger partial charge on any atom is 0.255 e. The third-order valence-electron chi connectivity index (χ3n) is 3.81. The minimum Gasteiger partial charge on any atom is -0.363 e. The molecule has 0 fully saturated rings. The van der Waals surface area contributed by atoms with E-state index >= 15 is 0 Å². The predicted octanol–water partition coefficient (Wildman–Crippen LogP) is 1.49. The molecule has 136 valence electrons. The van der Waals surface area contributed by atoms with E-state index in [0.717, 1.165) is 44.8 Å². The lowest BCUT2D eigenvalue weighted by Gasteiger charge is -2.24. The van der Waals surface area contributed by atoms with Crippen molar-refractivity contribution in [2.75, 3.05) is 73.4 Å². The van der Waals surface area contributed by atoms with Gasteiger partial charge in [-0.3, -0.25) is 4.79 Å². The number of hydrogen-bond donors (Lipinski definition) is 0. The van der Waals surface area contributed by atoms with Crippen molar-refractivity contribution in [3.05, 3.63) is 23.9 Å². The van der Waals surface area contributed by atoms with Crippen LogP contribution < -0.4 is 4.90 Å². The minimum absolute atomic E-state index is 0.0744. The molecule has 1 rings (SSSR count). The first-order valence-corrected chi connectivity index (χ1v) is 8.53. The highest BCUT2D eigenvalue weighted by molar-refractivity contribution is 5.94. The molecule has 6 heteroatoms. The summed E-state index contributed by atoms with van der Waals surface area (Å²) in [5.41, 5.74) is 0.662. The molecular weight excluding hydrogens is 302 g/mol. The summed E-state index contributed by atoms with van der Waals surface area (Å²) in [7, 11) is 12.1. The van der Waals surface area contributed by atoms with Crippen LogP contribution in [-0.4, -0.2) is 94.1 Å². The first kappa shape index (κ1) is 20.4. The Bertz CT molecular complexity index is 471. The first-order valence-electron chi connectivity index (χ1n) is 8.53. The third-order valence-corrected chi connectivity index (χ3v) is 3.81. The highest BCUT2D eigenvalue weighted by Gasteiger charge is 2.16. The predicted molar refractivity (Wildman–Crippen MR) is 101 cm³/mol. The molecule has 0 atom stereocenters. The monoisotopic (exact) mass is 335 g/mol. The van der Waals surface area contributed by atoms with Crippen LogP contribution in [0.15, 0.2) is 18.3 Å². The average Bonchev–Trinajstić information content (AvgIpc) is 2.52. The molecule has 0 saturated heterocycles. The van der Waals surface area contributed by atoms with Gasteiger partial charge in [-0.1, -0.05) is 0 Å². The fourth-order valence-electron chi connectivity index (χ4n) is 2.43. The van der Waals surface area contributed by atoms with Gasteiger partial charge in [-0.25, -0.2) is 4.98 Å². The molecule has 0 radical (unpaired) electrons. The summed E-state index contributed by atoms with van der Waals surface area (Å²) in [4.78, 5) is 25.4. The van der Waals surface area contributed by atoms with Crippen molar-refractivity contribution in [1.82, 2.24) is 19.7 Å². The topological polar surface area (TPSA) is 42.9 Å². The summed E-state index contributed by atoms with van der Waals surface area (Å²) in [6, 6.07) is 3.76. The molecule has 0 aliphatic carbocycles. The van der Waals surface area contributed by atoms with Crippen molar-refractivity contribution in [3.63, 3.8) is 0 Å². The number of hydrogen-bond acceptors (Lipinski definition) is 5. The quantitative estimate of drug-likeness (QED) is 0.648. The molecule has 1 aromatic rings. The standard InChI is InChI=1S/C18H33N5O/c1-20(2)11-7-13-23(14-8-12-21(3)4)18(24)16-9-10-17(19-15-16)22(5)6/h9-10,15H,7-8,11-14H2,1-6H3. The fourth-order valence-corrected chi connectivity index (χ4v) is 2.43. The average molecular weight is 335 g/mol. The molecule has 0 saturated carbocycles. The third kappa shape index (κ3) is 7.27. The van der Waals surface area contributed by atoms with Gasteiger partial charge in [0.25, 0.3) is 5.91 Å². The van der Waals surface area contributed by atoms with Crippen LogP contribution in [-0.2, 0) is 0 Å². The van der Waals surface area contributed by atoms with Gasteiger partial charge >= 0.3 is 0 Å². The Labute approximate surface area is 147 Å². The van der Waals surface area contributed by atoms with Crippen LogP contribution in [0.5, 0.6) is 0 Å². The lowest BCUT2D eigenvalue weighted by atomic mass is 10.2. The van der Waals surface area contributed by atoms with Crippen molar-refractivity contribution in [2.45, 2.75) is 12.8 Å². The zero-order valence-corrected chi connectivity index (χ0v) is 16.1. The van der Waals surface area contributed by atoms with E-state index in [-0.39, 0.29) is 5.91 Å². The van der Waals surface area contributed by atoms with Crippen molar-refractivity contribution in [1.29, 1.82) is 0 Å². The molecule has 0 aliphatic heterocycles. The van der Waals surface area contributed by atoms with E-state index in [0.29, 0.717) is 5.56 Å². The molecule has 0 bridgehead atoms. The van der Waals surface area contributed by atoms with E-state index in [4.69, 9.17) is 0 Å².